The zero-order valence-corrected chi connectivity index (χ0v) is 19.9. The van der Waals surface area contributed by atoms with E-state index in [0.29, 0.717) is 0 Å². The fourth-order valence-electron chi connectivity index (χ4n) is 3.93. The van der Waals surface area contributed by atoms with Gasteiger partial charge in [0.1, 0.15) is 0 Å². The van der Waals surface area contributed by atoms with E-state index < -0.39 is 0 Å². The first-order valence-corrected chi connectivity index (χ1v) is 11.7. The highest BCUT2D eigenvalue weighted by molar-refractivity contribution is 5.82. The van der Waals surface area contributed by atoms with Crippen LogP contribution in [0.5, 0.6) is 0 Å². The van der Waals surface area contributed by atoms with E-state index in [4.69, 9.17) is 0 Å². The average Bonchev–Trinajstić information content (AvgIpc) is 2.80. The number of anilines is 2. The molecule has 2 aromatic rings. The highest BCUT2D eigenvalue weighted by Crippen LogP contribution is 2.28. The van der Waals surface area contributed by atoms with Crippen LogP contribution in [0.3, 0.4) is 0 Å². The minimum absolute atomic E-state index is 1.03. The maximum atomic E-state index is 2.39. The smallest absolute Gasteiger partial charge is 0.0366 e. The number of benzene rings is 2. The van der Waals surface area contributed by atoms with Crippen molar-refractivity contribution in [2.24, 2.45) is 0 Å². The number of nitrogens with zero attached hydrogens (tertiary/aromatic N) is 2. The molecule has 0 fully saturated rings. The van der Waals surface area contributed by atoms with Gasteiger partial charge in [-0.15, -0.1) is 0 Å². The monoisotopic (exact) mass is 404 g/mol. The van der Waals surface area contributed by atoms with Crippen molar-refractivity contribution in [3.8, 4) is 0 Å². The summed E-state index contributed by atoms with van der Waals surface area (Å²) in [4.78, 5) is 4.77. The minimum atomic E-state index is 1.03. The van der Waals surface area contributed by atoms with Crippen LogP contribution < -0.4 is 9.80 Å². The van der Waals surface area contributed by atoms with Gasteiger partial charge >= 0.3 is 0 Å². The van der Waals surface area contributed by atoms with Crippen molar-refractivity contribution in [2.75, 3.05) is 36.0 Å². The lowest BCUT2D eigenvalue weighted by atomic mass is 9.96. The molecule has 0 saturated carbocycles. The van der Waals surface area contributed by atoms with E-state index in [-0.39, 0.29) is 0 Å². The molecular formula is C28H40N2. The lowest BCUT2D eigenvalue weighted by Crippen LogP contribution is -2.21. The Morgan fingerprint density at radius 3 is 1.23 bits per heavy atom. The average molecular weight is 405 g/mol. The molecule has 0 saturated heterocycles. The van der Waals surface area contributed by atoms with Crippen LogP contribution in [0.1, 0.15) is 65.5 Å². The summed E-state index contributed by atoms with van der Waals surface area (Å²) in [6, 6.07) is 18.1. The van der Waals surface area contributed by atoms with Crippen molar-refractivity contribution in [3.63, 3.8) is 0 Å². The van der Waals surface area contributed by atoms with Crippen LogP contribution in [0.4, 0.5) is 11.4 Å². The molecule has 0 aliphatic heterocycles. The lowest BCUT2D eigenvalue weighted by molar-refractivity contribution is 0.866. The zero-order valence-electron chi connectivity index (χ0n) is 19.9. The molecule has 0 aliphatic rings. The molecule has 0 unspecified atom stereocenters. The fourth-order valence-corrected chi connectivity index (χ4v) is 3.93. The standard InChI is InChI=1S/C28H40N2/c1-7-23(8-2)13-22-28(24-14-18-26(19-15-24)29(9-3)10-4)25-16-20-27(21-17-25)30(11-5)12-6/h13-22H,7-12H2,1-6H3. The summed E-state index contributed by atoms with van der Waals surface area (Å²) >= 11 is 0. The maximum absolute atomic E-state index is 2.39. The molecule has 0 spiro atoms. The van der Waals surface area contributed by atoms with Crippen LogP contribution in [-0.4, -0.2) is 26.2 Å². The molecule has 0 bridgehead atoms. The largest absolute Gasteiger partial charge is 0.372 e. The molecule has 0 aromatic heterocycles. The van der Waals surface area contributed by atoms with Gasteiger partial charge in [-0.2, -0.15) is 0 Å². The summed E-state index contributed by atoms with van der Waals surface area (Å²) < 4.78 is 0. The second kappa shape index (κ2) is 12.3. The second-order valence-electron chi connectivity index (χ2n) is 7.55. The Kier molecular flexibility index (Phi) is 9.73. The van der Waals surface area contributed by atoms with E-state index in [1.165, 1.54) is 33.6 Å². The zero-order chi connectivity index (χ0) is 21.9. The van der Waals surface area contributed by atoms with Gasteiger partial charge in [0.05, 0.1) is 0 Å². The number of hydrogen-bond acceptors (Lipinski definition) is 2. The molecule has 0 atom stereocenters. The summed E-state index contributed by atoms with van der Waals surface area (Å²) in [6.45, 7) is 17.4. The SMILES string of the molecule is CCC(=CC=C(c1ccc(N(CC)CC)cc1)c1ccc(N(CC)CC)cc1)CC. The fraction of sp³-hybridized carbons (Fsp3) is 0.429. The summed E-state index contributed by atoms with van der Waals surface area (Å²) in [7, 11) is 0. The second-order valence-corrected chi connectivity index (χ2v) is 7.55. The topological polar surface area (TPSA) is 6.48 Å². The molecule has 2 nitrogen and oxygen atoms in total. The van der Waals surface area contributed by atoms with Gasteiger partial charge in [-0.05, 0) is 81.5 Å². The van der Waals surface area contributed by atoms with Crippen molar-refractivity contribution < 1.29 is 0 Å². The van der Waals surface area contributed by atoms with Gasteiger partial charge in [0.25, 0.3) is 0 Å². The summed E-state index contributed by atoms with van der Waals surface area (Å²) in [5, 5.41) is 0. The highest BCUT2D eigenvalue weighted by atomic mass is 15.1. The maximum Gasteiger partial charge on any atom is 0.0366 e. The molecule has 2 heteroatoms. The number of allylic oxidation sites excluding steroid dienone is 3. The molecule has 2 rings (SSSR count). The van der Waals surface area contributed by atoms with Gasteiger partial charge in [-0.3, -0.25) is 0 Å². The Morgan fingerprint density at radius 1 is 0.567 bits per heavy atom. The van der Waals surface area contributed by atoms with Crippen molar-refractivity contribution >= 4 is 16.9 Å². The van der Waals surface area contributed by atoms with Crippen LogP contribution in [-0.2, 0) is 0 Å². The molecule has 0 amide bonds. The molecule has 2 aromatic carbocycles. The van der Waals surface area contributed by atoms with Gasteiger partial charge in [0, 0.05) is 37.6 Å². The Labute approximate surface area is 184 Å². The van der Waals surface area contributed by atoms with Gasteiger partial charge in [-0.1, -0.05) is 55.8 Å². The molecule has 30 heavy (non-hydrogen) atoms. The van der Waals surface area contributed by atoms with E-state index in [2.05, 4.69) is 112 Å². The summed E-state index contributed by atoms with van der Waals surface area (Å²) in [5.41, 5.74) is 7.88. The van der Waals surface area contributed by atoms with Gasteiger partial charge in [0.2, 0.25) is 0 Å². The molecule has 0 radical (unpaired) electrons. The van der Waals surface area contributed by atoms with Crippen LogP contribution in [0, 0.1) is 0 Å². The van der Waals surface area contributed by atoms with Gasteiger partial charge in [-0.25, -0.2) is 0 Å². The van der Waals surface area contributed by atoms with Crippen LogP contribution in [0.25, 0.3) is 5.57 Å². The Hall–Kier alpha value is -2.48. The summed E-state index contributed by atoms with van der Waals surface area (Å²) in [6.07, 6.45) is 6.82. The quantitative estimate of drug-likeness (QED) is 0.357. The summed E-state index contributed by atoms with van der Waals surface area (Å²) in [5.74, 6) is 0. The Morgan fingerprint density at radius 2 is 0.933 bits per heavy atom. The first-order chi connectivity index (χ1) is 14.6. The van der Waals surface area contributed by atoms with Crippen molar-refractivity contribution in [1.82, 2.24) is 0 Å². The molecule has 0 N–H and O–H groups in total. The molecule has 0 aliphatic carbocycles. The normalized spacial score (nSPS) is 10.5. The van der Waals surface area contributed by atoms with Crippen molar-refractivity contribution in [2.45, 2.75) is 54.4 Å². The van der Waals surface area contributed by atoms with Crippen molar-refractivity contribution in [3.05, 3.63) is 77.4 Å². The van der Waals surface area contributed by atoms with Crippen LogP contribution in [0.2, 0.25) is 0 Å². The third kappa shape index (κ3) is 6.01. The lowest BCUT2D eigenvalue weighted by Gasteiger charge is -2.22. The third-order valence-corrected chi connectivity index (χ3v) is 6.01. The predicted octanol–water partition coefficient (Wildman–Crippen LogP) is 7.56. The number of rotatable bonds is 11. The first-order valence-electron chi connectivity index (χ1n) is 11.7. The van der Waals surface area contributed by atoms with E-state index in [1.54, 1.807) is 0 Å². The van der Waals surface area contributed by atoms with Gasteiger partial charge < -0.3 is 9.80 Å². The predicted molar refractivity (Wildman–Crippen MR) is 136 cm³/mol. The highest BCUT2D eigenvalue weighted by Gasteiger charge is 2.08. The first kappa shape index (κ1) is 23.8. The molecule has 0 heterocycles. The van der Waals surface area contributed by atoms with E-state index in [0.717, 1.165) is 39.0 Å². The van der Waals surface area contributed by atoms with E-state index >= 15 is 0 Å². The van der Waals surface area contributed by atoms with Crippen molar-refractivity contribution in [1.29, 1.82) is 0 Å². The van der Waals surface area contributed by atoms with Crippen LogP contribution in [0.15, 0.2) is 66.3 Å². The van der Waals surface area contributed by atoms with E-state index in [1.807, 2.05) is 0 Å². The molecule has 162 valence electrons. The third-order valence-electron chi connectivity index (χ3n) is 6.01. The minimum Gasteiger partial charge on any atom is -0.372 e. The van der Waals surface area contributed by atoms with Gasteiger partial charge in [0.15, 0.2) is 0 Å². The number of hydrogen-bond donors (Lipinski definition) is 0. The van der Waals surface area contributed by atoms with E-state index in [9.17, 15) is 0 Å². The molecular weight excluding hydrogens is 364 g/mol. The van der Waals surface area contributed by atoms with Crippen LogP contribution >= 0.6 is 0 Å². The Balaban J connectivity index is 2.45. The Bertz CT molecular complexity index is 741.